The molecule has 0 bridgehead atoms. The van der Waals surface area contributed by atoms with Crippen LogP contribution in [0.3, 0.4) is 0 Å². The van der Waals surface area contributed by atoms with E-state index in [9.17, 15) is 9.59 Å². The Morgan fingerprint density at radius 3 is 2.46 bits per heavy atom. The van der Waals surface area contributed by atoms with Crippen molar-refractivity contribution >= 4 is 17.5 Å². The summed E-state index contributed by atoms with van der Waals surface area (Å²) in [5.41, 5.74) is 2.61. The summed E-state index contributed by atoms with van der Waals surface area (Å²) in [5, 5.41) is 2.79. The Labute approximate surface area is 152 Å². The second-order valence-electron chi connectivity index (χ2n) is 5.92. The van der Waals surface area contributed by atoms with Gasteiger partial charge in [-0.3, -0.25) is 14.6 Å². The molecule has 3 rings (SSSR count). The molecule has 2 amide bonds. The molecule has 0 aliphatic heterocycles. The number of anilines is 1. The van der Waals surface area contributed by atoms with Crippen LogP contribution < -0.4 is 5.32 Å². The van der Waals surface area contributed by atoms with E-state index in [4.69, 9.17) is 0 Å². The zero-order valence-corrected chi connectivity index (χ0v) is 14.4. The van der Waals surface area contributed by atoms with E-state index in [2.05, 4.69) is 10.3 Å². The summed E-state index contributed by atoms with van der Waals surface area (Å²) in [5.74, 6) is -0.369. The molecule has 26 heavy (non-hydrogen) atoms. The molecule has 5 heteroatoms. The van der Waals surface area contributed by atoms with Gasteiger partial charge in [-0.25, -0.2) is 0 Å². The fraction of sp³-hybridized carbons (Fsp3) is 0.0952. The molecule has 1 N–H and O–H groups in total. The Morgan fingerprint density at radius 2 is 1.73 bits per heavy atom. The monoisotopic (exact) mass is 345 g/mol. The number of nitrogens with zero attached hydrogens (tertiary/aromatic N) is 2. The Kier molecular flexibility index (Phi) is 5.39. The van der Waals surface area contributed by atoms with Crippen LogP contribution in [0.2, 0.25) is 0 Å². The third-order valence-electron chi connectivity index (χ3n) is 3.90. The van der Waals surface area contributed by atoms with Crippen LogP contribution in [0.5, 0.6) is 0 Å². The van der Waals surface area contributed by atoms with Gasteiger partial charge >= 0.3 is 0 Å². The van der Waals surface area contributed by atoms with E-state index in [0.717, 1.165) is 5.56 Å². The van der Waals surface area contributed by atoms with E-state index >= 15 is 0 Å². The number of hydrogen-bond acceptors (Lipinski definition) is 3. The van der Waals surface area contributed by atoms with Crippen molar-refractivity contribution < 1.29 is 9.59 Å². The summed E-state index contributed by atoms with van der Waals surface area (Å²) < 4.78 is 0. The maximum absolute atomic E-state index is 12.7. The Hall–Kier alpha value is -3.47. The zero-order chi connectivity index (χ0) is 18.4. The summed E-state index contributed by atoms with van der Waals surface area (Å²) in [6.45, 7) is 0.520. The summed E-state index contributed by atoms with van der Waals surface area (Å²) in [6.07, 6.45) is 3.11. The Balaban J connectivity index is 1.70. The zero-order valence-electron chi connectivity index (χ0n) is 14.4. The fourth-order valence-electron chi connectivity index (χ4n) is 2.58. The summed E-state index contributed by atoms with van der Waals surface area (Å²) in [7, 11) is 1.76. The largest absolute Gasteiger partial charge is 0.337 e. The van der Waals surface area contributed by atoms with Crippen LogP contribution in [0.4, 0.5) is 5.69 Å². The molecule has 0 aliphatic carbocycles. The van der Waals surface area contributed by atoms with Crippen molar-refractivity contribution in [3.63, 3.8) is 0 Å². The van der Waals surface area contributed by atoms with E-state index in [1.54, 1.807) is 54.5 Å². The van der Waals surface area contributed by atoms with Crippen molar-refractivity contribution in [1.82, 2.24) is 9.88 Å². The van der Waals surface area contributed by atoms with Gasteiger partial charge in [-0.05, 0) is 35.9 Å². The Morgan fingerprint density at radius 1 is 0.962 bits per heavy atom. The van der Waals surface area contributed by atoms with Crippen molar-refractivity contribution in [2.24, 2.45) is 0 Å². The number of carbonyl (C=O) groups is 2. The van der Waals surface area contributed by atoms with Crippen LogP contribution in [-0.4, -0.2) is 28.7 Å². The minimum Gasteiger partial charge on any atom is -0.337 e. The van der Waals surface area contributed by atoms with E-state index in [1.165, 1.54) is 6.20 Å². The molecule has 0 aliphatic rings. The van der Waals surface area contributed by atoms with Crippen LogP contribution >= 0.6 is 0 Å². The smallest absolute Gasteiger partial charge is 0.257 e. The molecule has 5 nitrogen and oxygen atoms in total. The normalized spacial score (nSPS) is 10.2. The molecule has 0 spiro atoms. The maximum Gasteiger partial charge on any atom is 0.257 e. The lowest BCUT2D eigenvalue weighted by atomic mass is 10.1. The lowest BCUT2D eigenvalue weighted by Crippen LogP contribution is -2.26. The van der Waals surface area contributed by atoms with Gasteiger partial charge in [0.1, 0.15) is 0 Å². The van der Waals surface area contributed by atoms with Gasteiger partial charge in [0.15, 0.2) is 0 Å². The van der Waals surface area contributed by atoms with Gasteiger partial charge in [-0.2, -0.15) is 0 Å². The first-order valence-corrected chi connectivity index (χ1v) is 8.24. The number of aromatic nitrogens is 1. The summed E-state index contributed by atoms with van der Waals surface area (Å²) in [6, 6.07) is 20.1. The second kappa shape index (κ2) is 8.07. The number of amides is 2. The topological polar surface area (TPSA) is 62.3 Å². The SMILES string of the molecule is CN(Cc1ccccc1)C(=O)c1cccc(NC(=O)c2cccnc2)c1. The molecule has 1 aromatic heterocycles. The van der Waals surface area contributed by atoms with E-state index < -0.39 is 0 Å². The number of benzene rings is 2. The first-order chi connectivity index (χ1) is 12.6. The van der Waals surface area contributed by atoms with Crippen LogP contribution in [0, 0.1) is 0 Å². The summed E-state index contributed by atoms with van der Waals surface area (Å²) in [4.78, 5) is 30.5. The number of pyridine rings is 1. The average Bonchev–Trinajstić information content (AvgIpc) is 2.69. The van der Waals surface area contributed by atoms with Crippen LogP contribution in [0.1, 0.15) is 26.3 Å². The molecule has 130 valence electrons. The molecule has 0 radical (unpaired) electrons. The minimum absolute atomic E-state index is 0.105. The molecule has 1 heterocycles. The molecule has 0 saturated carbocycles. The van der Waals surface area contributed by atoms with E-state index in [1.807, 2.05) is 30.3 Å². The average molecular weight is 345 g/mol. The molecule has 2 aromatic carbocycles. The molecule has 0 saturated heterocycles. The highest BCUT2D eigenvalue weighted by Gasteiger charge is 2.13. The van der Waals surface area contributed by atoms with Crippen molar-refractivity contribution in [2.75, 3.05) is 12.4 Å². The molecule has 3 aromatic rings. The first kappa shape index (κ1) is 17.4. The first-order valence-electron chi connectivity index (χ1n) is 8.24. The van der Waals surface area contributed by atoms with Gasteiger partial charge in [-0.1, -0.05) is 36.4 Å². The number of rotatable bonds is 5. The van der Waals surface area contributed by atoms with Crippen molar-refractivity contribution in [3.05, 3.63) is 95.8 Å². The highest BCUT2D eigenvalue weighted by atomic mass is 16.2. The van der Waals surface area contributed by atoms with Crippen molar-refractivity contribution in [2.45, 2.75) is 6.54 Å². The van der Waals surface area contributed by atoms with Crippen LogP contribution in [0.25, 0.3) is 0 Å². The van der Waals surface area contributed by atoms with Gasteiger partial charge in [0.05, 0.1) is 5.56 Å². The fourth-order valence-corrected chi connectivity index (χ4v) is 2.58. The quantitative estimate of drug-likeness (QED) is 0.768. The number of nitrogens with one attached hydrogen (secondary N) is 1. The highest BCUT2D eigenvalue weighted by Crippen LogP contribution is 2.15. The van der Waals surface area contributed by atoms with Gasteiger partial charge in [0.25, 0.3) is 11.8 Å². The van der Waals surface area contributed by atoms with Crippen molar-refractivity contribution in [1.29, 1.82) is 0 Å². The minimum atomic E-state index is -0.264. The van der Waals surface area contributed by atoms with Gasteiger partial charge in [-0.15, -0.1) is 0 Å². The van der Waals surface area contributed by atoms with Gasteiger partial charge < -0.3 is 10.2 Å². The number of carbonyl (C=O) groups excluding carboxylic acids is 2. The molecular formula is C21H19N3O2. The predicted octanol–water partition coefficient (Wildman–Crippen LogP) is 3.61. The molecule has 0 unspecified atom stereocenters. The highest BCUT2D eigenvalue weighted by molar-refractivity contribution is 6.04. The van der Waals surface area contributed by atoms with Crippen LogP contribution in [0.15, 0.2) is 79.1 Å². The molecular weight excluding hydrogens is 326 g/mol. The van der Waals surface area contributed by atoms with Gasteiger partial charge in [0, 0.05) is 37.2 Å². The lowest BCUT2D eigenvalue weighted by molar-refractivity contribution is 0.0784. The van der Waals surface area contributed by atoms with Gasteiger partial charge in [0.2, 0.25) is 0 Å². The third kappa shape index (κ3) is 4.33. The molecule has 0 fully saturated rings. The number of hydrogen-bond donors (Lipinski definition) is 1. The molecule has 0 atom stereocenters. The third-order valence-corrected chi connectivity index (χ3v) is 3.90. The van der Waals surface area contributed by atoms with E-state index in [-0.39, 0.29) is 11.8 Å². The second-order valence-corrected chi connectivity index (χ2v) is 5.92. The Bertz CT molecular complexity index is 895. The predicted molar refractivity (Wildman–Crippen MR) is 101 cm³/mol. The standard InChI is InChI=1S/C21H19N3O2/c1-24(15-16-7-3-2-4-8-16)21(26)17-9-5-11-19(13-17)23-20(25)18-10-6-12-22-14-18/h2-14H,15H2,1H3,(H,23,25). The van der Waals surface area contributed by atoms with Crippen LogP contribution in [-0.2, 0) is 6.54 Å². The van der Waals surface area contributed by atoms with E-state index in [0.29, 0.717) is 23.4 Å². The maximum atomic E-state index is 12.7. The summed E-state index contributed by atoms with van der Waals surface area (Å²) >= 11 is 0. The van der Waals surface area contributed by atoms with Crippen molar-refractivity contribution in [3.8, 4) is 0 Å². The lowest BCUT2D eigenvalue weighted by Gasteiger charge is -2.18.